The van der Waals surface area contributed by atoms with Gasteiger partial charge in [-0.2, -0.15) is 0 Å². The van der Waals surface area contributed by atoms with E-state index < -0.39 is 5.97 Å². The van der Waals surface area contributed by atoms with E-state index in [-0.39, 0.29) is 23.4 Å². The highest BCUT2D eigenvalue weighted by atomic mass is 16.5. The SMILES string of the molecule is CCC(NC(=O)c1cc(C(=O)O)on1)C1CCCCC1. The zero-order chi connectivity index (χ0) is 14.5. The van der Waals surface area contributed by atoms with Crippen molar-refractivity contribution in [1.29, 1.82) is 0 Å². The Morgan fingerprint density at radius 3 is 2.70 bits per heavy atom. The lowest BCUT2D eigenvalue weighted by Crippen LogP contribution is -2.40. The van der Waals surface area contributed by atoms with Gasteiger partial charge >= 0.3 is 5.97 Å². The summed E-state index contributed by atoms with van der Waals surface area (Å²) in [7, 11) is 0. The van der Waals surface area contributed by atoms with Crippen LogP contribution >= 0.6 is 0 Å². The van der Waals surface area contributed by atoms with Gasteiger partial charge in [-0.25, -0.2) is 4.79 Å². The Balaban J connectivity index is 1.98. The highest BCUT2D eigenvalue weighted by Crippen LogP contribution is 2.27. The smallest absolute Gasteiger partial charge is 0.374 e. The molecule has 1 unspecified atom stereocenters. The lowest BCUT2D eigenvalue weighted by atomic mass is 9.83. The second kappa shape index (κ2) is 6.54. The molecule has 6 nitrogen and oxygen atoms in total. The molecule has 1 fully saturated rings. The van der Waals surface area contributed by atoms with E-state index in [4.69, 9.17) is 5.11 Å². The third kappa shape index (κ3) is 3.37. The predicted molar refractivity (Wildman–Crippen MR) is 71.6 cm³/mol. The van der Waals surface area contributed by atoms with Gasteiger partial charge in [0.2, 0.25) is 5.76 Å². The van der Waals surface area contributed by atoms with Crippen molar-refractivity contribution in [3.8, 4) is 0 Å². The van der Waals surface area contributed by atoms with E-state index in [2.05, 4.69) is 15.0 Å². The fraction of sp³-hybridized carbons (Fsp3) is 0.643. The summed E-state index contributed by atoms with van der Waals surface area (Å²) in [4.78, 5) is 22.8. The van der Waals surface area contributed by atoms with Gasteiger partial charge in [0.1, 0.15) is 0 Å². The molecule has 110 valence electrons. The highest BCUT2D eigenvalue weighted by Gasteiger charge is 2.25. The van der Waals surface area contributed by atoms with Crippen molar-refractivity contribution in [2.45, 2.75) is 51.5 Å². The van der Waals surface area contributed by atoms with Crippen molar-refractivity contribution >= 4 is 11.9 Å². The van der Waals surface area contributed by atoms with E-state index in [0.717, 1.165) is 25.3 Å². The van der Waals surface area contributed by atoms with E-state index in [1.807, 2.05) is 6.92 Å². The van der Waals surface area contributed by atoms with Crippen LogP contribution in [0.25, 0.3) is 0 Å². The topological polar surface area (TPSA) is 92.4 Å². The first kappa shape index (κ1) is 14.6. The standard InChI is InChI=1S/C14H20N2O4/c1-2-10(9-6-4-3-5-7-9)15-13(17)11-8-12(14(18)19)20-16-11/h8-10H,2-7H2,1H3,(H,15,17)(H,18,19). The molecule has 1 aliphatic carbocycles. The van der Waals surface area contributed by atoms with E-state index in [1.54, 1.807) is 0 Å². The zero-order valence-electron chi connectivity index (χ0n) is 11.6. The second-order valence-corrected chi connectivity index (χ2v) is 5.27. The second-order valence-electron chi connectivity index (χ2n) is 5.27. The first-order valence-electron chi connectivity index (χ1n) is 7.12. The fourth-order valence-corrected chi connectivity index (χ4v) is 2.82. The van der Waals surface area contributed by atoms with Crippen molar-refractivity contribution in [1.82, 2.24) is 10.5 Å². The summed E-state index contributed by atoms with van der Waals surface area (Å²) >= 11 is 0. The van der Waals surface area contributed by atoms with Gasteiger partial charge in [0.15, 0.2) is 5.69 Å². The van der Waals surface area contributed by atoms with Crippen LogP contribution in [0.4, 0.5) is 0 Å². The van der Waals surface area contributed by atoms with Gasteiger partial charge < -0.3 is 14.9 Å². The first-order valence-corrected chi connectivity index (χ1v) is 7.12. The Bertz CT molecular complexity index is 477. The number of aromatic carboxylic acids is 1. The molecule has 2 N–H and O–H groups in total. The van der Waals surface area contributed by atoms with Crippen LogP contribution in [-0.2, 0) is 0 Å². The number of amides is 1. The van der Waals surface area contributed by atoms with Gasteiger partial charge in [-0.05, 0) is 25.2 Å². The van der Waals surface area contributed by atoms with Crippen molar-refractivity contribution in [2.24, 2.45) is 5.92 Å². The summed E-state index contributed by atoms with van der Waals surface area (Å²) in [6.07, 6.45) is 6.83. The van der Waals surface area contributed by atoms with E-state index in [9.17, 15) is 9.59 Å². The molecule has 0 spiro atoms. The number of carbonyl (C=O) groups excluding carboxylic acids is 1. The molecule has 0 bridgehead atoms. The number of nitrogens with zero attached hydrogens (tertiary/aromatic N) is 1. The third-order valence-corrected chi connectivity index (χ3v) is 3.93. The average molecular weight is 280 g/mol. The number of carbonyl (C=O) groups is 2. The Kier molecular flexibility index (Phi) is 4.76. The molecule has 0 aliphatic heterocycles. The third-order valence-electron chi connectivity index (χ3n) is 3.93. The van der Waals surface area contributed by atoms with Crippen LogP contribution in [0.1, 0.15) is 66.5 Å². The fourth-order valence-electron chi connectivity index (χ4n) is 2.82. The van der Waals surface area contributed by atoms with Gasteiger partial charge in [0.05, 0.1) is 0 Å². The largest absolute Gasteiger partial charge is 0.475 e. The van der Waals surface area contributed by atoms with Gasteiger partial charge in [-0.3, -0.25) is 4.79 Å². The Hall–Kier alpha value is -1.85. The summed E-state index contributed by atoms with van der Waals surface area (Å²) in [5, 5.41) is 15.2. The maximum absolute atomic E-state index is 12.1. The Morgan fingerprint density at radius 1 is 1.45 bits per heavy atom. The summed E-state index contributed by atoms with van der Waals surface area (Å²) in [6, 6.07) is 1.28. The van der Waals surface area contributed by atoms with Crippen molar-refractivity contribution < 1.29 is 19.2 Å². The molecule has 2 rings (SSSR count). The molecule has 0 saturated heterocycles. The van der Waals surface area contributed by atoms with Gasteiger partial charge in [0.25, 0.3) is 5.91 Å². The molecule has 1 aromatic rings. The van der Waals surface area contributed by atoms with Crippen molar-refractivity contribution in [2.75, 3.05) is 0 Å². The average Bonchev–Trinajstić information content (AvgIpc) is 2.95. The van der Waals surface area contributed by atoms with Crippen molar-refractivity contribution in [3.63, 3.8) is 0 Å². The molecule has 1 atom stereocenters. The minimum atomic E-state index is -1.23. The van der Waals surface area contributed by atoms with E-state index in [1.165, 1.54) is 19.3 Å². The van der Waals surface area contributed by atoms with Crippen LogP contribution in [0, 0.1) is 5.92 Å². The van der Waals surface area contributed by atoms with Gasteiger partial charge in [-0.1, -0.05) is 31.3 Å². The van der Waals surface area contributed by atoms with Crippen LogP contribution < -0.4 is 5.32 Å². The molecule has 6 heteroatoms. The predicted octanol–water partition coefficient (Wildman–Crippen LogP) is 2.46. The summed E-state index contributed by atoms with van der Waals surface area (Å²) in [5.41, 5.74) is 0.0247. The molecular weight excluding hydrogens is 260 g/mol. The summed E-state index contributed by atoms with van der Waals surface area (Å²) in [6.45, 7) is 2.05. The minimum Gasteiger partial charge on any atom is -0.475 e. The Morgan fingerprint density at radius 2 is 2.15 bits per heavy atom. The number of nitrogens with one attached hydrogen (secondary N) is 1. The Labute approximate surface area is 117 Å². The lowest BCUT2D eigenvalue weighted by molar-refractivity contribution is 0.0650. The van der Waals surface area contributed by atoms with Crippen LogP contribution in [0.5, 0.6) is 0 Å². The molecule has 1 amide bonds. The maximum Gasteiger partial charge on any atom is 0.374 e. The van der Waals surface area contributed by atoms with Crippen molar-refractivity contribution in [3.05, 3.63) is 17.5 Å². The molecule has 1 aliphatic rings. The quantitative estimate of drug-likeness (QED) is 0.864. The van der Waals surface area contributed by atoms with E-state index in [0.29, 0.717) is 5.92 Å². The summed E-state index contributed by atoms with van der Waals surface area (Å²) in [5.74, 6) is -1.40. The van der Waals surface area contributed by atoms with E-state index >= 15 is 0 Å². The molecule has 20 heavy (non-hydrogen) atoms. The molecule has 1 saturated carbocycles. The van der Waals surface area contributed by atoms with Crippen LogP contribution in [-0.4, -0.2) is 28.2 Å². The zero-order valence-corrected chi connectivity index (χ0v) is 11.6. The van der Waals surface area contributed by atoms with Gasteiger partial charge in [-0.15, -0.1) is 0 Å². The molecule has 0 radical (unpaired) electrons. The van der Waals surface area contributed by atoms with Crippen LogP contribution in [0.3, 0.4) is 0 Å². The monoisotopic (exact) mass is 280 g/mol. The number of aromatic nitrogens is 1. The lowest BCUT2D eigenvalue weighted by Gasteiger charge is -2.29. The number of carboxylic acids is 1. The number of hydrogen-bond acceptors (Lipinski definition) is 4. The molecular formula is C14H20N2O4. The molecule has 1 heterocycles. The number of carboxylic acid groups (broad SMARTS) is 1. The summed E-state index contributed by atoms with van der Waals surface area (Å²) < 4.78 is 4.60. The van der Waals surface area contributed by atoms with Crippen LogP contribution in [0.2, 0.25) is 0 Å². The highest BCUT2D eigenvalue weighted by molar-refractivity contribution is 5.94. The normalized spacial score (nSPS) is 17.6. The first-order chi connectivity index (χ1) is 9.61. The number of rotatable bonds is 5. The van der Waals surface area contributed by atoms with Gasteiger partial charge in [0, 0.05) is 12.1 Å². The maximum atomic E-state index is 12.1. The molecule has 0 aromatic carbocycles. The number of hydrogen-bond donors (Lipinski definition) is 2. The molecule has 1 aromatic heterocycles. The van der Waals surface area contributed by atoms with Crippen LogP contribution in [0.15, 0.2) is 10.6 Å². The minimum absolute atomic E-state index is 0.0247.